The first-order valence-corrected chi connectivity index (χ1v) is 6.23. The van der Waals surface area contributed by atoms with Gasteiger partial charge in [0.2, 0.25) is 0 Å². The molecule has 1 fully saturated rings. The third-order valence-electron chi connectivity index (χ3n) is 3.22. The van der Waals surface area contributed by atoms with E-state index in [0.717, 1.165) is 24.7 Å². The summed E-state index contributed by atoms with van der Waals surface area (Å²) in [6, 6.07) is 8.94. The predicted octanol–water partition coefficient (Wildman–Crippen LogP) is 3.15. The highest BCUT2D eigenvalue weighted by Crippen LogP contribution is 2.29. The van der Waals surface area contributed by atoms with Crippen LogP contribution in [-0.4, -0.2) is 13.7 Å². The minimum Gasteiger partial charge on any atom is -0.493 e. The van der Waals surface area contributed by atoms with Gasteiger partial charge in [0.1, 0.15) is 5.75 Å². The summed E-state index contributed by atoms with van der Waals surface area (Å²) in [7, 11) is 2.01. The molecule has 1 saturated carbocycles. The molecule has 1 aliphatic rings. The Morgan fingerprint density at radius 3 is 2.50 bits per heavy atom. The van der Waals surface area contributed by atoms with Crippen LogP contribution in [0.4, 0.5) is 0 Å². The van der Waals surface area contributed by atoms with Crippen molar-refractivity contribution in [2.75, 3.05) is 13.7 Å². The molecule has 0 saturated heterocycles. The van der Waals surface area contributed by atoms with Gasteiger partial charge in [0.15, 0.2) is 0 Å². The van der Waals surface area contributed by atoms with Crippen molar-refractivity contribution >= 4 is 0 Å². The molecule has 0 bridgehead atoms. The molecule has 1 aliphatic carbocycles. The molecule has 88 valence electrons. The van der Waals surface area contributed by atoms with Gasteiger partial charge in [-0.15, -0.1) is 0 Å². The lowest BCUT2D eigenvalue weighted by Gasteiger charge is -2.14. The Morgan fingerprint density at radius 1 is 1.31 bits per heavy atom. The van der Waals surface area contributed by atoms with E-state index in [1.165, 1.54) is 18.4 Å². The zero-order valence-electron chi connectivity index (χ0n) is 10.2. The van der Waals surface area contributed by atoms with Crippen LogP contribution >= 0.6 is 0 Å². The van der Waals surface area contributed by atoms with Crippen LogP contribution in [0.3, 0.4) is 0 Å². The van der Waals surface area contributed by atoms with Gasteiger partial charge in [-0.25, -0.2) is 0 Å². The molecule has 1 aromatic rings. The molecule has 2 nitrogen and oxygen atoms in total. The number of nitrogens with one attached hydrogen (secondary N) is 1. The molecule has 0 heterocycles. The summed E-state index contributed by atoms with van der Waals surface area (Å²) in [5.74, 6) is 1.82. The number of rotatable bonds is 6. The fraction of sp³-hybridized carbons (Fsp3) is 0.571. The zero-order chi connectivity index (χ0) is 11.4. The van der Waals surface area contributed by atoms with Crippen molar-refractivity contribution in [2.24, 2.45) is 5.92 Å². The van der Waals surface area contributed by atoms with Crippen LogP contribution in [0.5, 0.6) is 5.75 Å². The largest absolute Gasteiger partial charge is 0.493 e. The third-order valence-corrected chi connectivity index (χ3v) is 3.22. The Kier molecular flexibility index (Phi) is 3.83. The molecule has 0 aliphatic heterocycles. The molecule has 1 N–H and O–H groups in total. The maximum atomic E-state index is 5.71. The topological polar surface area (TPSA) is 21.3 Å². The van der Waals surface area contributed by atoms with Gasteiger partial charge >= 0.3 is 0 Å². The van der Waals surface area contributed by atoms with Crippen LogP contribution in [0.15, 0.2) is 24.3 Å². The molecular formula is C14H21NO. The Bertz CT molecular complexity index is 312. The SMILES string of the molecule is CCC(NC)c1ccc(OCC2CC2)cc1. The lowest BCUT2D eigenvalue weighted by molar-refractivity contribution is 0.299. The molecule has 0 aromatic heterocycles. The average molecular weight is 219 g/mol. The second kappa shape index (κ2) is 5.35. The summed E-state index contributed by atoms with van der Waals surface area (Å²) >= 11 is 0. The van der Waals surface area contributed by atoms with Gasteiger partial charge in [-0.3, -0.25) is 0 Å². The van der Waals surface area contributed by atoms with E-state index in [-0.39, 0.29) is 0 Å². The smallest absolute Gasteiger partial charge is 0.119 e. The Labute approximate surface area is 98.0 Å². The molecular weight excluding hydrogens is 198 g/mol. The van der Waals surface area contributed by atoms with E-state index < -0.39 is 0 Å². The van der Waals surface area contributed by atoms with Gasteiger partial charge in [0.05, 0.1) is 6.61 Å². The standard InChI is InChI=1S/C14H21NO/c1-3-14(15-2)12-6-8-13(9-7-12)16-10-11-4-5-11/h6-9,11,14-15H,3-5,10H2,1-2H3. The minimum absolute atomic E-state index is 0.456. The average Bonchev–Trinajstić information content (AvgIpc) is 3.13. The van der Waals surface area contributed by atoms with Gasteiger partial charge in [0, 0.05) is 6.04 Å². The fourth-order valence-electron chi connectivity index (χ4n) is 1.90. The van der Waals surface area contributed by atoms with Crippen LogP contribution in [0.25, 0.3) is 0 Å². The second-order valence-corrected chi connectivity index (χ2v) is 4.57. The molecule has 0 amide bonds. The normalized spacial score (nSPS) is 17.1. The minimum atomic E-state index is 0.456. The molecule has 1 unspecified atom stereocenters. The second-order valence-electron chi connectivity index (χ2n) is 4.57. The molecule has 0 radical (unpaired) electrons. The van der Waals surface area contributed by atoms with E-state index in [0.29, 0.717) is 6.04 Å². The molecule has 1 aromatic carbocycles. The summed E-state index contributed by atoms with van der Waals surface area (Å²) in [6.07, 6.45) is 3.80. The highest BCUT2D eigenvalue weighted by atomic mass is 16.5. The molecule has 1 atom stereocenters. The Morgan fingerprint density at radius 2 is 2.00 bits per heavy atom. The van der Waals surface area contributed by atoms with Gasteiger partial charge in [-0.1, -0.05) is 19.1 Å². The summed E-state index contributed by atoms with van der Waals surface area (Å²) in [4.78, 5) is 0. The van der Waals surface area contributed by atoms with Crippen LogP contribution in [0.2, 0.25) is 0 Å². The molecule has 0 spiro atoms. The van der Waals surface area contributed by atoms with Crippen molar-refractivity contribution in [3.63, 3.8) is 0 Å². The van der Waals surface area contributed by atoms with Crippen molar-refractivity contribution in [1.82, 2.24) is 5.32 Å². The van der Waals surface area contributed by atoms with Gasteiger partial charge < -0.3 is 10.1 Å². The molecule has 2 heteroatoms. The number of ether oxygens (including phenoxy) is 1. The van der Waals surface area contributed by atoms with E-state index in [2.05, 4.69) is 36.5 Å². The molecule has 16 heavy (non-hydrogen) atoms. The third kappa shape index (κ3) is 2.99. The summed E-state index contributed by atoms with van der Waals surface area (Å²) in [5.41, 5.74) is 1.34. The van der Waals surface area contributed by atoms with Crippen molar-refractivity contribution in [1.29, 1.82) is 0 Å². The Balaban J connectivity index is 1.91. The van der Waals surface area contributed by atoms with Crippen LogP contribution < -0.4 is 10.1 Å². The van der Waals surface area contributed by atoms with Gasteiger partial charge in [-0.2, -0.15) is 0 Å². The summed E-state index contributed by atoms with van der Waals surface area (Å²) in [5, 5.41) is 3.31. The van der Waals surface area contributed by atoms with Crippen molar-refractivity contribution in [3.8, 4) is 5.75 Å². The maximum absolute atomic E-state index is 5.71. The van der Waals surface area contributed by atoms with E-state index >= 15 is 0 Å². The summed E-state index contributed by atoms with van der Waals surface area (Å²) < 4.78 is 5.71. The Hall–Kier alpha value is -1.02. The van der Waals surface area contributed by atoms with Crippen LogP contribution in [-0.2, 0) is 0 Å². The highest BCUT2D eigenvalue weighted by molar-refractivity contribution is 5.29. The monoisotopic (exact) mass is 219 g/mol. The number of benzene rings is 1. The van der Waals surface area contributed by atoms with Crippen LogP contribution in [0.1, 0.15) is 37.8 Å². The van der Waals surface area contributed by atoms with Crippen molar-refractivity contribution < 1.29 is 4.74 Å². The van der Waals surface area contributed by atoms with Gasteiger partial charge in [-0.05, 0) is 49.9 Å². The lowest BCUT2D eigenvalue weighted by Crippen LogP contribution is -2.14. The van der Waals surface area contributed by atoms with Crippen molar-refractivity contribution in [2.45, 2.75) is 32.2 Å². The lowest BCUT2D eigenvalue weighted by atomic mass is 10.1. The molecule has 2 rings (SSSR count). The predicted molar refractivity (Wildman–Crippen MR) is 66.8 cm³/mol. The number of hydrogen-bond acceptors (Lipinski definition) is 2. The van der Waals surface area contributed by atoms with E-state index in [1.54, 1.807) is 0 Å². The zero-order valence-corrected chi connectivity index (χ0v) is 10.2. The van der Waals surface area contributed by atoms with E-state index in [4.69, 9.17) is 4.74 Å². The fourth-order valence-corrected chi connectivity index (χ4v) is 1.90. The first-order chi connectivity index (χ1) is 7.83. The first-order valence-electron chi connectivity index (χ1n) is 6.23. The maximum Gasteiger partial charge on any atom is 0.119 e. The van der Waals surface area contributed by atoms with Crippen molar-refractivity contribution in [3.05, 3.63) is 29.8 Å². The summed E-state index contributed by atoms with van der Waals surface area (Å²) in [6.45, 7) is 3.08. The quantitative estimate of drug-likeness (QED) is 0.793. The van der Waals surface area contributed by atoms with E-state index in [9.17, 15) is 0 Å². The van der Waals surface area contributed by atoms with Gasteiger partial charge in [0.25, 0.3) is 0 Å². The number of hydrogen-bond donors (Lipinski definition) is 1. The van der Waals surface area contributed by atoms with E-state index in [1.807, 2.05) is 7.05 Å². The highest BCUT2D eigenvalue weighted by Gasteiger charge is 2.21. The van der Waals surface area contributed by atoms with Crippen LogP contribution in [0, 0.1) is 5.92 Å². The first kappa shape index (κ1) is 11.5.